The van der Waals surface area contributed by atoms with Crippen molar-refractivity contribution in [3.05, 3.63) is 33.7 Å². The van der Waals surface area contributed by atoms with Crippen molar-refractivity contribution in [1.29, 1.82) is 0 Å². The van der Waals surface area contributed by atoms with E-state index in [1.54, 1.807) is 6.26 Å². The normalized spacial score (nSPS) is 12.1. The minimum absolute atomic E-state index is 0.00467. The number of thioether (sulfide) groups is 1. The first-order valence-electron chi connectivity index (χ1n) is 7.24. The van der Waals surface area contributed by atoms with E-state index >= 15 is 0 Å². The van der Waals surface area contributed by atoms with Gasteiger partial charge in [-0.2, -0.15) is 11.8 Å². The number of aryl methyl sites for hydroxylation is 1. The summed E-state index contributed by atoms with van der Waals surface area (Å²) >= 11 is 1.27. The zero-order valence-corrected chi connectivity index (χ0v) is 14.3. The van der Waals surface area contributed by atoms with Crippen molar-refractivity contribution in [2.24, 2.45) is 0 Å². The number of rotatable bonds is 6. The molecule has 0 aliphatic heterocycles. The Balaban J connectivity index is 2.37. The molecule has 1 unspecified atom stereocenters. The van der Waals surface area contributed by atoms with Crippen LogP contribution >= 0.6 is 11.8 Å². The third-order valence-corrected chi connectivity index (χ3v) is 4.31. The predicted octanol–water partition coefficient (Wildman–Crippen LogP) is 0.988. The van der Waals surface area contributed by atoms with Crippen LogP contribution in [0, 0.1) is 6.92 Å². The fourth-order valence-corrected chi connectivity index (χ4v) is 3.02. The summed E-state index contributed by atoms with van der Waals surface area (Å²) in [6.45, 7) is 1.54. The Morgan fingerprint density at radius 2 is 2.00 bits per heavy atom. The molecule has 0 aliphatic rings. The number of benzene rings is 1. The molecular weight excluding hydrogens is 350 g/mol. The molecule has 0 fully saturated rings. The van der Waals surface area contributed by atoms with E-state index in [-0.39, 0.29) is 40.2 Å². The lowest BCUT2D eigenvalue weighted by molar-refractivity contribution is -0.141. The Kier molecular flexibility index (Phi) is 5.58. The van der Waals surface area contributed by atoms with E-state index in [4.69, 9.17) is 9.52 Å². The van der Waals surface area contributed by atoms with Gasteiger partial charge in [0.15, 0.2) is 0 Å². The average molecular weight is 367 g/mol. The molecule has 134 valence electrons. The second kappa shape index (κ2) is 7.47. The van der Waals surface area contributed by atoms with Crippen LogP contribution in [0.15, 0.2) is 21.3 Å². The van der Waals surface area contributed by atoms with Crippen LogP contribution in [0.2, 0.25) is 0 Å². The number of nitrogens with one attached hydrogen (secondary N) is 1. The van der Waals surface area contributed by atoms with E-state index in [2.05, 4.69) is 5.32 Å². The predicted molar refractivity (Wildman–Crippen MR) is 92.2 cm³/mol. The second-order valence-electron chi connectivity index (χ2n) is 5.42. The summed E-state index contributed by atoms with van der Waals surface area (Å²) in [5, 5.41) is 31.1. The highest BCUT2D eigenvalue weighted by molar-refractivity contribution is 7.98. The number of carboxylic acid groups (broad SMARTS) is 1. The first-order valence-corrected chi connectivity index (χ1v) is 8.63. The number of carbonyl (C=O) groups is 2. The van der Waals surface area contributed by atoms with Crippen LogP contribution in [0.1, 0.15) is 11.1 Å². The lowest BCUT2D eigenvalue weighted by Crippen LogP contribution is -2.43. The lowest BCUT2D eigenvalue weighted by atomic mass is 10.0. The summed E-state index contributed by atoms with van der Waals surface area (Å²) in [6.07, 6.45) is 1.32. The van der Waals surface area contributed by atoms with Crippen LogP contribution in [0.25, 0.3) is 11.0 Å². The molecule has 9 heteroatoms. The van der Waals surface area contributed by atoms with Crippen LogP contribution in [0.5, 0.6) is 11.5 Å². The number of carboxylic acids is 1. The van der Waals surface area contributed by atoms with Crippen LogP contribution in [0.3, 0.4) is 0 Å². The minimum Gasteiger partial charge on any atom is -0.508 e. The standard InChI is InChI=1S/C16H17NO7S/c1-7-9(5-13(20)17-10(6-25-2)15(21)22)16(23)24-12-4-8(18)3-11(19)14(7)12/h3-4,10,18-19H,5-6H2,1-2H3,(H,17,20)(H,21,22). The number of amides is 1. The molecule has 0 aliphatic carbocycles. The van der Waals surface area contributed by atoms with E-state index < -0.39 is 23.5 Å². The van der Waals surface area contributed by atoms with Crippen LogP contribution in [-0.4, -0.2) is 45.2 Å². The summed E-state index contributed by atoms with van der Waals surface area (Å²) in [4.78, 5) is 35.3. The van der Waals surface area contributed by atoms with Crippen molar-refractivity contribution in [3.8, 4) is 11.5 Å². The van der Waals surface area contributed by atoms with Crippen molar-refractivity contribution in [2.75, 3.05) is 12.0 Å². The van der Waals surface area contributed by atoms with Gasteiger partial charge in [-0.05, 0) is 18.7 Å². The molecule has 1 heterocycles. The van der Waals surface area contributed by atoms with Crippen LogP contribution in [0.4, 0.5) is 0 Å². The van der Waals surface area contributed by atoms with Crippen molar-refractivity contribution in [2.45, 2.75) is 19.4 Å². The largest absolute Gasteiger partial charge is 0.508 e. The van der Waals surface area contributed by atoms with Crippen molar-refractivity contribution in [1.82, 2.24) is 5.32 Å². The number of phenols is 2. The first kappa shape index (κ1) is 18.7. The maximum absolute atomic E-state index is 12.1. The Morgan fingerprint density at radius 1 is 1.32 bits per heavy atom. The molecule has 1 amide bonds. The second-order valence-corrected chi connectivity index (χ2v) is 6.33. The molecule has 4 N–H and O–H groups in total. The van der Waals surface area contributed by atoms with E-state index in [1.807, 2.05) is 0 Å². The Bertz CT molecular complexity index is 890. The molecule has 1 aromatic carbocycles. The fraction of sp³-hybridized carbons (Fsp3) is 0.312. The van der Waals surface area contributed by atoms with Gasteiger partial charge in [-0.15, -0.1) is 0 Å². The summed E-state index contributed by atoms with van der Waals surface area (Å²) in [5.41, 5.74) is -0.452. The molecule has 8 nitrogen and oxygen atoms in total. The van der Waals surface area contributed by atoms with Gasteiger partial charge in [0.25, 0.3) is 0 Å². The highest BCUT2D eigenvalue weighted by atomic mass is 32.2. The first-order chi connectivity index (χ1) is 11.7. The number of hydrogen-bond acceptors (Lipinski definition) is 7. The number of hydrogen-bond donors (Lipinski definition) is 4. The van der Waals surface area contributed by atoms with E-state index in [0.717, 1.165) is 6.07 Å². The van der Waals surface area contributed by atoms with Gasteiger partial charge in [0.05, 0.1) is 17.4 Å². The van der Waals surface area contributed by atoms with Gasteiger partial charge in [-0.1, -0.05) is 0 Å². The molecule has 25 heavy (non-hydrogen) atoms. The Hall–Kier alpha value is -2.68. The number of aliphatic carboxylic acids is 1. The van der Waals surface area contributed by atoms with Gasteiger partial charge < -0.3 is 25.1 Å². The highest BCUT2D eigenvalue weighted by Gasteiger charge is 2.22. The van der Waals surface area contributed by atoms with Gasteiger partial charge in [-0.25, -0.2) is 9.59 Å². The third kappa shape index (κ3) is 4.05. The topological polar surface area (TPSA) is 137 Å². The smallest absolute Gasteiger partial charge is 0.340 e. The fourth-order valence-electron chi connectivity index (χ4n) is 2.46. The summed E-state index contributed by atoms with van der Waals surface area (Å²) in [6, 6.07) is 1.21. The average Bonchev–Trinajstić information content (AvgIpc) is 2.49. The maximum atomic E-state index is 12.1. The number of carbonyl (C=O) groups excluding carboxylic acids is 1. The number of phenolic OH excluding ortho intramolecular Hbond substituents is 2. The quantitative estimate of drug-likeness (QED) is 0.555. The van der Waals surface area contributed by atoms with Crippen molar-refractivity contribution in [3.63, 3.8) is 0 Å². The van der Waals surface area contributed by atoms with Gasteiger partial charge in [0.2, 0.25) is 5.91 Å². The van der Waals surface area contributed by atoms with Crippen LogP contribution < -0.4 is 10.9 Å². The third-order valence-electron chi connectivity index (χ3n) is 3.65. The molecule has 0 radical (unpaired) electrons. The summed E-state index contributed by atoms with van der Waals surface area (Å²) < 4.78 is 5.06. The molecule has 0 saturated carbocycles. The number of aromatic hydroxyl groups is 2. The molecule has 0 bridgehead atoms. The molecule has 1 atom stereocenters. The Morgan fingerprint density at radius 3 is 2.60 bits per heavy atom. The van der Waals surface area contributed by atoms with E-state index in [0.29, 0.717) is 5.56 Å². The van der Waals surface area contributed by atoms with Gasteiger partial charge in [0, 0.05) is 17.9 Å². The minimum atomic E-state index is -1.17. The van der Waals surface area contributed by atoms with Gasteiger partial charge >= 0.3 is 11.6 Å². The lowest BCUT2D eigenvalue weighted by Gasteiger charge is -2.14. The SMILES string of the molecule is CSCC(NC(=O)Cc1c(C)c2c(O)cc(O)cc2oc1=O)C(=O)O. The van der Waals surface area contributed by atoms with Gasteiger partial charge in [-0.3, -0.25) is 4.79 Å². The molecule has 2 rings (SSSR count). The van der Waals surface area contributed by atoms with Crippen molar-refractivity contribution >= 4 is 34.6 Å². The Labute approximate surface area is 146 Å². The van der Waals surface area contributed by atoms with Crippen LogP contribution in [-0.2, 0) is 16.0 Å². The van der Waals surface area contributed by atoms with Crippen molar-refractivity contribution < 1.29 is 29.3 Å². The number of fused-ring (bicyclic) bond motifs is 1. The monoisotopic (exact) mass is 367 g/mol. The summed E-state index contributed by atoms with van der Waals surface area (Å²) in [7, 11) is 0. The molecule has 1 aromatic heterocycles. The maximum Gasteiger partial charge on any atom is 0.340 e. The molecule has 2 aromatic rings. The molecular formula is C16H17NO7S. The highest BCUT2D eigenvalue weighted by Crippen LogP contribution is 2.32. The zero-order chi connectivity index (χ0) is 18.7. The molecule has 0 spiro atoms. The van der Waals surface area contributed by atoms with Gasteiger partial charge in [0.1, 0.15) is 23.1 Å². The zero-order valence-electron chi connectivity index (χ0n) is 13.5. The van der Waals surface area contributed by atoms with E-state index in [1.165, 1.54) is 24.8 Å². The van der Waals surface area contributed by atoms with E-state index in [9.17, 15) is 24.6 Å². The molecule has 0 saturated heterocycles. The summed E-state index contributed by atoms with van der Waals surface area (Å²) in [5.74, 6) is -2.18.